The summed E-state index contributed by atoms with van der Waals surface area (Å²) in [4.78, 5) is 11.7. The molecule has 2 unspecified atom stereocenters. The van der Waals surface area contributed by atoms with E-state index in [0.29, 0.717) is 0 Å². The Hall–Kier alpha value is -2.73. The average molecular weight is 397 g/mol. The number of nitrogens with one attached hydrogen (secondary N) is 3. The van der Waals surface area contributed by atoms with E-state index < -0.39 is 5.60 Å². The first-order valence-corrected chi connectivity index (χ1v) is 10.2. The molecule has 0 bridgehead atoms. The van der Waals surface area contributed by atoms with Crippen molar-refractivity contribution in [2.45, 2.75) is 51.3 Å². The van der Waals surface area contributed by atoms with Crippen molar-refractivity contribution in [2.75, 3.05) is 23.7 Å². The number of fused-ring (bicyclic) bond motifs is 2. The number of amides is 1. The van der Waals surface area contributed by atoms with Gasteiger partial charge < -0.3 is 26.4 Å². The maximum atomic E-state index is 11.7. The Labute approximate surface area is 173 Å². The van der Waals surface area contributed by atoms with Crippen molar-refractivity contribution in [1.82, 2.24) is 5.32 Å². The Morgan fingerprint density at radius 1 is 0.966 bits per heavy atom. The predicted molar refractivity (Wildman–Crippen MR) is 118 cm³/mol. The molecular weight excluding hydrogens is 364 g/mol. The summed E-state index contributed by atoms with van der Waals surface area (Å²) in [6.07, 6.45) is 1.49. The van der Waals surface area contributed by atoms with E-state index >= 15 is 0 Å². The van der Waals surface area contributed by atoms with Crippen LogP contribution in [0, 0.1) is 0 Å². The molecule has 0 aliphatic carbocycles. The van der Waals surface area contributed by atoms with Crippen LogP contribution < -0.4 is 21.7 Å². The number of anilines is 2. The van der Waals surface area contributed by atoms with E-state index in [1.54, 1.807) is 0 Å². The summed E-state index contributed by atoms with van der Waals surface area (Å²) in [7, 11) is 0. The van der Waals surface area contributed by atoms with Crippen molar-refractivity contribution < 1.29 is 9.53 Å². The fraction of sp³-hybridized carbons (Fsp3) is 0.435. The van der Waals surface area contributed by atoms with Crippen LogP contribution in [0.15, 0.2) is 48.5 Å². The molecule has 156 valence electrons. The smallest absolute Gasteiger partial charge is 0.407 e. The fourth-order valence-electron chi connectivity index (χ4n) is 3.48. The fourth-order valence-corrected chi connectivity index (χ4v) is 3.48. The molecule has 0 aromatic heterocycles. The monoisotopic (exact) mass is 396 g/mol. The summed E-state index contributed by atoms with van der Waals surface area (Å²) in [6, 6.07) is 16.8. The third kappa shape index (κ3) is 6.39. The molecule has 5 N–H and O–H groups in total. The van der Waals surface area contributed by atoms with Gasteiger partial charge in [-0.15, -0.1) is 0 Å². The second kappa shape index (κ2) is 9.18. The number of hydrogen-bond acceptors (Lipinski definition) is 5. The molecule has 2 aliphatic heterocycles. The van der Waals surface area contributed by atoms with Crippen molar-refractivity contribution in [1.29, 1.82) is 0 Å². The van der Waals surface area contributed by atoms with Gasteiger partial charge >= 0.3 is 6.09 Å². The number of hydrogen-bond donors (Lipinski definition) is 4. The number of nitrogens with two attached hydrogens (primary N) is 1. The van der Waals surface area contributed by atoms with Gasteiger partial charge in [-0.1, -0.05) is 36.4 Å². The number of para-hydroxylation sites is 2. The van der Waals surface area contributed by atoms with Gasteiger partial charge in [0.15, 0.2) is 0 Å². The van der Waals surface area contributed by atoms with Crippen molar-refractivity contribution >= 4 is 17.5 Å². The zero-order valence-corrected chi connectivity index (χ0v) is 17.5. The molecule has 0 spiro atoms. The number of rotatable bonds is 1. The molecule has 2 atom stereocenters. The minimum atomic E-state index is -0.454. The van der Waals surface area contributed by atoms with Gasteiger partial charge in [0, 0.05) is 30.5 Å². The lowest BCUT2D eigenvalue weighted by molar-refractivity contribution is 0.0506. The van der Waals surface area contributed by atoms with E-state index in [1.807, 2.05) is 39.0 Å². The molecule has 1 amide bonds. The lowest BCUT2D eigenvalue weighted by Crippen LogP contribution is -2.45. The minimum absolute atomic E-state index is 0.0785. The summed E-state index contributed by atoms with van der Waals surface area (Å²) >= 11 is 0. The molecule has 6 nitrogen and oxygen atoms in total. The standard InChI is InChI=1S/C14H20N2O2.C9H12N2/c1-14(2,3)18-13(17)16-11-8-10-6-4-5-7-12(10)15-9-11;10-8-5-7-3-1-2-4-9(7)11-6-8/h4-7,11,15H,8-9H2,1-3H3,(H,16,17);1-4,8,11H,5-6,10H2. The maximum absolute atomic E-state index is 11.7. The molecule has 2 aliphatic rings. The Morgan fingerprint density at radius 2 is 1.52 bits per heavy atom. The number of carbonyl (C=O) groups is 1. The van der Waals surface area contributed by atoms with Crippen LogP contribution in [0.4, 0.5) is 16.2 Å². The summed E-state index contributed by atoms with van der Waals surface area (Å²) < 4.78 is 5.25. The van der Waals surface area contributed by atoms with Crippen LogP contribution in [-0.4, -0.2) is 36.9 Å². The number of ether oxygens (including phenoxy) is 1. The number of alkyl carbamates (subject to hydrolysis) is 1. The highest BCUT2D eigenvalue weighted by Crippen LogP contribution is 2.21. The molecular formula is C23H32N4O2. The van der Waals surface area contributed by atoms with Crippen LogP contribution >= 0.6 is 0 Å². The highest BCUT2D eigenvalue weighted by Gasteiger charge is 2.22. The van der Waals surface area contributed by atoms with Crippen LogP contribution in [-0.2, 0) is 17.6 Å². The average Bonchev–Trinajstić information content (AvgIpc) is 2.67. The van der Waals surface area contributed by atoms with Crippen LogP contribution in [0.3, 0.4) is 0 Å². The largest absolute Gasteiger partial charge is 0.444 e. The van der Waals surface area contributed by atoms with Gasteiger partial charge in [-0.2, -0.15) is 0 Å². The van der Waals surface area contributed by atoms with E-state index in [1.165, 1.54) is 16.8 Å². The normalized spacial score (nSPS) is 19.9. The van der Waals surface area contributed by atoms with Crippen molar-refractivity contribution in [3.63, 3.8) is 0 Å². The lowest BCUT2D eigenvalue weighted by Gasteiger charge is -2.28. The molecule has 0 radical (unpaired) electrons. The first-order valence-electron chi connectivity index (χ1n) is 10.2. The van der Waals surface area contributed by atoms with Crippen LogP contribution in [0.2, 0.25) is 0 Å². The Morgan fingerprint density at radius 3 is 2.14 bits per heavy atom. The quantitative estimate of drug-likeness (QED) is 0.592. The summed E-state index contributed by atoms with van der Waals surface area (Å²) in [6.45, 7) is 7.22. The summed E-state index contributed by atoms with van der Waals surface area (Å²) in [5.74, 6) is 0. The van der Waals surface area contributed by atoms with E-state index in [-0.39, 0.29) is 18.2 Å². The van der Waals surface area contributed by atoms with Gasteiger partial charge in [0.05, 0.1) is 6.04 Å². The number of benzene rings is 2. The Bertz CT molecular complexity index is 832. The maximum Gasteiger partial charge on any atom is 0.407 e. The van der Waals surface area contributed by atoms with Crippen LogP contribution in [0.1, 0.15) is 31.9 Å². The van der Waals surface area contributed by atoms with Crippen molar-refractivity contribution in [2.24, 2.45) is 5.73 Å². The third-order valence-corrected chi connectivity index (χ3v) is 4.80. The zero-order valence-electron chi connectivity index (χ0n) is 17.5. The van der Waals surface area contributed by atoms with Gasteiger partial charge in [0.25, 0.3) is 0 Å². The molecule has 2 aromatic carbocycles. The summed E-state index contributed by atoms with van der Waals surface area (Å²) in [5.41, 5.74) is 10.3. The van der Waals surface area contributed by atoms with E-state index in [4.69, 9.17) is 10.5 Å². The van der Waals surface area contributed by atoms with Crippen molar-refractivity contribution in [3.8, 4) is 0 Å². The first kappa shape index (κ1) is 21.0. The summed E-state index contributed by atoms with van der Waals surface area (Å²) in [5, 5.41) is 9.49. The van der Waals surface area contributed by atoms with Gasteiger partial charge in [-0.3, -0.25) is 0 Å². The van der Waals surface area contributed by atoms with E-state index in [2.05, 4.69) is 46.3 Å². The third-order valence-electron chi connectivity index (χ3n) is 4.80. The Kier molecular flexibility index (Phi) is 6.64. The van der Waals surface area contributed by atoms with E-state index in [9.17, 15) is 4.79 Å². The SMILES string of the molecule is CC(C)(C)OC(=O)NC1CNc2ccccc2C1.NC1CNc2ccccc2C1. The van der Waals surface area contributed by atoms with Gasteiger partial charge in [-0.05, 0) is 56.9 Å². The molecule has 29 heavy (non-hydrogen) atoms. The molecule has 0 fully saturated rings. The number of carbonyl (C=O) groups excluding carboxylic acids is 1. The molecule has 2 aromatic rings. The topological polar surface area (TPSA) is 88.4 Å². The van der Waals surface area contributed by atoms with Gasteiger partial charge in [0.2, 0.25) is 0 Å². The van der Waals surface area contributed by atoms with Crippen LogP contribution in [0.25, 0.3) is 0 Å². The minimum Gasteiger partial charge on any atom is -0.444 e. The van der Waals surface area contributed by atoms with Crippen LogP contribution in [0.5, 0.6) is 0 Å². The first-order chi connectivity index (χ1) is 13.8. The Balaban J connectivity index is 0.000000186. The molecule has 0 saturated heterocycles. The van der Waals surface area contributed by atoms with Crippen molar-refractivity contribution in [3.05, 3.63) is 59.7 Å². The predicted octanol–water partition coefficient (Wildman–Crippen LogP) is 3.53. The second-order valence-electron chi connectivity index (χ2n) is 8.59. The molecule has 4 rings (SSSR count). The second-order valence-corrected chi connectivity index (χ2v) is 8.59. The molecule has 0 saturated carbocycles. The van der Waals surface area contributed by atoms with Gasteiger partial charge in [-0.25, -0.2) is 4.79 Å². The lowest BCUT2D eigenvalue weighted by atomic mass is 10.00. The molecule has 2 heterocycles. The molecule has 6 heteroatoms. The highest BCUT2D eigenvalue weighted by molar-refractivity contribution is 5.68. The van der Waals surface area contributed by atoms with E-state index in [0.717, 1.165) is 31.6 Å². The van der Waals surface area contributed by atoms with Gasteiger partial charge in [0.1, 0.15) is 5.60 Å². The highest BCUT2D eigenvalue weighted by atomic mass is 16.6. The zero-order chi connectivity index (χ0) is 20.9.